The molecule has 19 heavy (non-hydrogen) atoms. The summed E-state index contributed by atoms with van der Waals surface area (Å²) < 4.78 is 6.10. The van der Waals surface area contributed by atoms with Crippen molar-refractivity contribution >= 4 is 27.8 Å². The second kappa shape index (κ2) is 4.55. The topological polar surface area (TPSA) is 46.5 Å². The summed E-state index contributed by atoms with van der Waals surface area (Å²) in [4.78, 5) is 12.1. The van der Waals surface area contributed by atoms with Crippen LogP contribution in [0, 0.1) is 0 Å². The van der Waals surface area contributed by atoms with Gasteiger partial charge in [0.05, 0.1) is 10.0 Å². The second-order valence-electron chi connectivity index (χ2n) is 4.15. The first-order chi connectivity index (χ1) is 9.15. The maximum atomic E-state index is 12.1. The molecule has 1 aliphatic rings. The van der Waals surface area contributed by atoms with Gasteiger partial charge in [-0.05, 0) is 51.8 Å². The molecule has 0 atom stereocenters. The Hall–Kier alpha value is -2.07. The molecule has 3 nitrogen and oxygen atoms in total. The first-order valence-electron chi connectivity index (χ1n) is 5.67. The number of carbonyl (C=O) groups excluding carboxylic acids is 1. The highest BCUT2D eigenvalue weighted by atomic mass is 79.9. The fourth-order valence-electron chi connectivity index (χ4n) is 1.90. The van der Waals surface area contributed by atoms with Gasteiger partial charge in [0.15, 0.2) is 5.76 Å². The summed E-state index contributed by atoms with van der Waals surface area (Å²) in [5.74, 6) is 0.902. The van der Waals surface area contributed by atoms with Gasteiger partial charge < -0.3 is 9.84 Å². The Bertz CT molecular complexity index is 704. The second-order valence-corrected chi connectivity index (χ2v) is 5.00. The molecule has 0 aliphatic carbocycles. The maximum absolute atomic E-state index is 12.1. The predicted molar refractivity (Wildman–Crippen MR) is 75.2 cm³/mol. The Morgan fingerprint density at radius 1 is 1.16 bits per heavy atom. The number of aromatic hydroxyl groups is 1. The average molecular weight is 317 g/mol. The molecule has 94 valence electrons. The fraction of sp³-hybridized carbons (Fsp3) is 0. The molecule has 0 radical (unpaired) electrons. The number of hydrogen-bond donors (Lipinski definition) is 1. The Morgan fingerprint density at radius 2 is 1.95 bits per heavy atom. The van der Waals surface area contributed by atoms with Gasteiger partial charge in [0.2, 0.25) is 5.78 Å². The molecule has 0 unspecified atom stereocenters. The van der Waals surface area contributed by atoms with E-state index >= 15 is 0 Å². The number of para-hydroxylation sites is 1. The summed E-state index contributed by atoms with van der Waals surface area (Å²) in [7, 11) is 0. The number of ether oxygens (including phenoxy) is 1. The summed E-state index contributed by atoms with van der Waals surface area (Å²) in [5, 5.41) is 9.43. The molecular weight excluding hydrogens is 308 g/mol. The predicted octanol–water partition coefficient (Wildman–Crippen LogP) is 3.77. The monoisotopic (exact) mass is 316 g/mol. The molecule has 0 bridgehead atoms. The van der Waals surface area contributed by atoms with Crippen LogP contribution in [0.25, 0.3) is 6.08 Å². The maximum Gasteiger partial charge on any atom is 0.231 e. The molecular formula is C15H9BrO3. The highest BCUT2D eigenvalue weighted by Gasteiger charge is 2.26. The van der Waals surface area contributed by atoms with Crippen molar-refractivity contribution in [2.45, 2.75) is 0 Å². The molecule has 2 aromatic carbocycles. The lowest BCUT2D eigenvalue weighted by molar-refractivity contribution is 0.101. The van der Waals surface area contributed by atoms with Gasteiger partial charge in [-0.3, -0.25) is 4.79 Å². The molecule has 0 amide bonds. The molecule has 1 N–H and O–H groups in total. The van der Waals surface area contributed by atoms with Crippen LogP contribution in [0.3, 0.4) is 0 Å². The fourth-order valence-corrected chi connectivity index (χ4v) is 2.30. The van der Waals surface area contributed by atoms with Crippen LogP contribution in [-0.4, -0.2) is 10.9 Å². The molecule has 0 saturated carbocycles. The van der Waals surface area contributed by atoms with E-state index in [4.69, 9.17) is 4.74 Å². The van der Waals surface area contributed by atoms with E-state index in [1.54, 1.807) is 42.5 Å². The van der Waals surface area contributed by atoms with Crippen molar-refractivity contribution in [1.82, 2.24) is 0 Å². The SMILES string of the molecule is O=C1/C(=C/c2ccc(O)c(Br)c2)Oc2ccccc21. The van der Waals surface area contributed by atoms with Crippen LogP contribution >= 0.6 is 15.9 Å². The van der Waals surface area contributed by atoms with Crippen LogP contribution < -0.4 is 4.74 Å². The third kappa shape index (κ3) is 2.15. The number of halogens is 1. The van der Waals surface area contributed by atoms with E-state index in [0.29, 0.717) is 21.5 Å². The van der Waals surface area contributed by atoms with Gasteiger partial charge in [-0.2, -0.15) is 0 Å². The Kier molecular flexibility index (Phi) is 2.87. The van der Waals surface area contributed by atoms with Crippen molar-refractivity contribution < 1.29 is 14.6 Å². The van der Waals surface area contributed by atoms with E-state index in [1.165, 1.54) is 0 Å². The number of ketones is 1. The number of fused-ring (bicyclic) bond motifs is 1. The van der Waals surface area contributed by atoms with Gasteiger partial charge in [0.25, 0.3) is 0 Å². The zero-order valence-corrected chi connectivity index (χ0v) is 11.3. The van der Waals surface area contributed by atoms with Crippen molar-refractivity contribution in [3.05, 3.63) is 63.8 Å². The van der Waals surface area contributed by atoms with E-state index in [2.05, 4.69) is 15.9 Å². The molecule has 4 heteroatoms. The van der Waals surface area contributed by atoms with Crippen LogP contribution in [0.1, 0.15) is 15.9 Å². The smallest absolute Gasteiger partial charge is 0.231 e. The van der Waals surface area contributed by atoms with Crippen LogP contribution in [0.5, 0.6) is 11.5 Å². The number of Topliss-reactive ketones (excluding diaryl/α,β-unsaturated/α-hetero) is 1. The minimum atomic E-state index is -0.125. The van der Waals surface area contributed by atoms with E-state index in [-0.39, 0.29) is 11.5 Å². The Morgan fingerprint density at radius 3 is 2.68 bits per heavy atom. The van der Waals surface area contributed by atoms with Crippen LogP contribution in [0.2, 0.25) is 0 Å². The molecule has 3 rings (SSSR count). The van der Waals surface area contributed by atoms with Crippen LogP contribution in [0.15, 0.2) is 52.7 Å². The molecule has 1 aliphatic heterocycles. The molecule has 0 spiro atoms. The van der Waals surface area contributed by atoms with Gasteiger partial charge >= 0.3 is 0 Å². The molecule has 0 aromatic heterocycles. The van der Waals surface area contributed by atoms with Crippen molar-refractivity contribution in [1.29, 1.82) is 0 Å². The summed E-state index contributed by atoms with van der Waals surface area (Å²) >= 11 is 3.23. The number of phenolic OH excluding ortho intramolecular Hbond substituents is 1. The Labute approximate surface area is 118 Å². The quantitative estimate of drug-likeness (QED) is 0.815. The summed E-state index contributed by atoms with van der Waals surface area (Å²) in [6.07, 6.45) is 1.66. The molecule has 1 heterocycles. The lowest BCUT2D eigenvalue weighted by atomic mass is 10.1. The minimum absolute atomic E-state index is 0.125. The largest absolute Gasteiger partial charge is 0.507 e. The van der Waals surface area contributed by atoms with Crippen molar-refractivity contribution in [3.8, 4) is 11.5 Å². The van der Waals surface area contributed by atoms with Gasteiger partial charge in [0, 0.05) is 0 Å². The zero-order chi connectivity index (χ0) is 13.4. The van der Waals surface area contributed by atoms with E-state index in [0.717, 1.165) is 5.56 Å². The third-order valence-electron chi connectivity index (χ3n) is 2.84. The first kappa shape index (κ1) is 12.0. The normalized spacial score (nSPS) is 15.4. The lowest BCUT2D eigenvalue weighted by Crippen LogP contribution is -1.97. The average Bonchev–Trinajstić information content (AvgIpc) is 2.72. The standard InChI is InChI=1S/C15H9BrO3/c16-11-7-9(5-6-12(11)17)8-14-15(18)10-3-1-2-4-13(10)19-14/h1-8,17H/b14-8-. The Balaban J connectivity index is 1.98. The van der Waals surface area contributed by atoms with Gasteiger partial charge in [-0.25, -0.2) is 0 Å². The summed E-state index contributed by atoms with van der Waals surface area (Å²) in [6.45, 7) is 0. The highest BCUT2D eigenvalue weighted by molar-refractivity contribution is 9.10. The zero-order valence-electron chi connectivity index (χ0n) is 9.76. The molecule has 0 fully saturated rings. The molecule has 2 aromatic rings. The van der Waals surface area contributed by atoms with Gasteiger partial charge in [-0.1, -0.05) is 18.2 Å². The van der Waals surface area contributed by atoms with Crippen molar-refractivity contribution in [2.24, 2.45) is 0 Å². The van der Waals surface area contributed by atoms with Crippen LogP contribution in [0.4, 0.5) is 0 Å². The number of benzene rings is 2. The number of phenols is 1. The number of allylic oxidation sites excluding steroid dienone is 1. The van der Waals surface area contributed by atoms with Gasteiger partial charge in [0.1, 0.15) is 11.5 Å². The van der Waals surface area contributed by atoms with E-state index in [1.807, 2.05) is 6.07 Å². The van der Waals surface area contributed by atoms with E-state index < -0.39 is 0 Å². The first-order valence-corrected chi connectivity index (χ1v) is 6.46. The number of rotatable bonds is 1. The van der Waals surface area contributed by atoms with E-state index in [9.17, 15) is 9.90 Å². The lowest BCUT2D eigenvalue weighted by Gasteiger charge is -2.00. The van der Waals surface area contributed by atoms with Crippen LogP contribution in [-0.2, 0) is 0 Å². The number of hydrogen-bond acceptors (Lipinski definition) is 3. The highest BCUT2D eigenvalue weighted by Crippen LogP contribution is 2.32. The van der Waals surface area contributed by atoms with Crippen molar-refractivity contribution in [3.63, 3.8) is 0 Å². The van der Waals surface area contributed by atoms with Crippen molar-refractivity contribution in [2.75, 3.05) is 0 Å². The number of carbonyl (C=O) groups is 1. The molecule has 0 saturated heterocycles. The minimum Gasteiger partial charge on any atom is -0.507 e. The third-order valence-corrected chi connectivity index (χ3v) is 3.48. The summed E-state index contributed by atoms with van der Waals surface area (Å²) in [6, 6.07) is 12.1. The van der Waals surface area contributed by atoms with Gasteiger partial charge in [-0.15, -0.1) is 0 Å². The summed E-state index contributed by atoms with van der Waals surface area (Å²) in [5.41, 5.74) is 1.35.